The predicted octanol–water partition coefficient (Wildman–Crippen LogP) is 13.3. The highest BCUT2D eigenvalue weighted by atomic mass is 16.5. The fourth-order valence-electron chi connectivity index (χ4n) is 8.09. The van der Waals surface area contributed by atoms with Crippen LogP contribution in [-0.4, -0.2) is 0 Å². The number of fused-ring (bicyclic) bond motifs is 5. The van der Waals surface area contributed by atoms with Gasteiger partial charge in [-0.3, -0.25) is 0 Å². The van der Waals surface area contributed by atoms with Gasteiger partial charge in [0.25, 0.3) is 0 Å². The van der Waals surface area contributed by atoms with Gasteiger partial charge in [-0.05, 0) is 94.3 Å². The molecule has 1 aliphatic heterocycles. The zero-order valence-electron chi connectivity index (χ0n) is 26.9. The summed E-state index contributed by atoms with van der Waals surface area (Å²) in [6.07, 6.45) is 3.05. The van der Waals surface area contributed by atoms with Crippen LogP contribution in [0.3, 0.4) is 0 Å². The van der Waals surface area contributed by atoms with Crippen LogP contribution in [0, 0.1) is 0 Å². The van der Waals surface area contributed by atoms with E-state index in [9.17, 15) is 0 Å². The summed E-state index contributed by atoms with van der Waals surface area (Å²) in [5.74, 6) is 0.951. The zero-order valence-corrected chi connectivity index (χ0v) is 26.9. The standard InChI is InChI=1S/C48H32O/c1-5-15-37-33(11-1)29-34-12-2-6-16-38(34)47(37)32-23-21-31(22-24-32)45-27-28-46(49-45)43-25-26-44(42-20-10-9-19-41(42)43)48-39-17-7-3-13-35(39)30-36-14-4-8-18-40(36)48/h1-27,29-30,46H,28H2. The van der Waals surface area contributed by atoms with Gasteiger partial charge in [-0.15, -0.1) is 0 Å². The molecule has 1 nitrogen and oxygen atoms in total. The fraction of sp³-hybridized carbons (Fsp3) is 0.0417. The minimum atomic E-state index is -0.0418. The van der Waals surface area contributed by atoms with Crippen LogP contribution in [0.15, 0.2) is 176 Å². The van der Waals surface area contributed by atoms with Crippen LogP contribution in [0.2, 0.25) is 0 Å². The fourth-order valence-corrected chi connectivity index (χ4v) is 8.09. The molecule has 230 valence electrons. The highest BCUT2D eigenvalue weighted by Gasteiger charge is 2.24. The first-order valence-electron chi connectivity index (χ1n) is 17.1. The maximum atomic E-state index is 6.77. The first-order chi connectivity index (χ1) is 24.3. The van der Waals surface area contributed by atoms with E-state index in [0.29, 0.717) is 0 Å². The Morgan fingerprint density at radius 2 is 0.837 bits per heavy atom. The second-order valence-corrected chi connectivity index (χ2v) is 13.1. The third kappa shape index (κ3) is 4.54. The van der Waals surface area contributed by atoms with E-state index in [1.54, 1.807) is 0 Å². The summed E-state index contributed by atoms with van der Waals surface area (Å²) in [5.41, 5.74) is 7.39. The summed E-state index contributed by atoms with van der Waals surface area (Å²) in [6, 6.07) is 61.8. The molecule has 0 amide bonds. The first kappa shape index (κ1) is 27.9. The van der Waals surface area contributed by atoms with Crippen molar-refractivity contribution in [3.63, 3.8) is 0 Å². The van der Waals surface area contributed by atoms with E-state index in [2.05, 4.69) is 176 Å². The van der Waals surface area contributed by atoms with E-state index in [-0.39, 0.29) is 6.10 Å². The Morgan fingerprint density at radius 1 is 0.388 bits per heavy atom. The van der Waals surface area contributed by atoms with Crippen LogP contribution < -0.4 is 0 Å². The predicted molar refractivity (Wildman–Crippen MR) is 208 cm³/mol. The number of ether oxygens (including phenoxy) is 1. The third-order valence-corrected chi connectivity index (χ3v) is 10.4. The van der Waals surface area contributed by atoms with Crippen LogP contribution >= 0.6 is 0 Å². The molecule has 1 heterocycles. The Bertz CT molecular complexity index is 2660. The molecule has 0 fully saturated rings. The van der Waals surface area contributed by atoms with E-state index in [1.165, 1.54) is 81.7 Å². The molecule has 1 aliphatic rings. The van der Waals surface area contributed by atoms with Crippen LogP contribution in [0.1, 0.15) is 23.7 Å². The molecule has 1 heteroatoms. The van der Waals surface area contributed by atoms with Crippen molar-refractivity contribution in [2.24, 2.45) is 0 Å². The Morgan fingerprint density at radius 3 is 1.39 bits per heavy atom. The molecular weight excluding hydrogens is 593 g/mol. The topological polar surface area (TPSA) is 9.23 Å². The van der Waals surface area contributed by atoms with Gasteiger partial charge in [0.15, 0.2) is 0 Å². The molecule has 0 aromatic heterocycles. The lowest BCUT2D eigenvalue weighted by atomic mass is 9.87. The van der Waals surface area contributed by atoms with Crippen molar-refractivity contribution in [3.05, 3.63) is 187 Å². The molecule has 0 spiro atoms. The quantitative estimate of drug-likeness (QED) is 0.177. The molecule has 10 rings (SSSR count). The van der Waals surface area contributed by atoms with Crippen LogP contribution in [0.5, 0.6) is 0 Å². The van der Waals surface area contributed by atoms with E-state index < -0.39 is 0 Å². The van der Waals surface area contributed by atoms with E-state index in [1.807, 2.05) is 0 Å². The van der Waals surface area contributed by atoms with Gasteiger partial charge >= 0.3 is 0 Å². The molecule has 0 bridgehead atoms. The second-order valence-electron chi connectivity index (χ2n) is 13.1. The molecule has 1 atom stereocenters. The maximum absolute atomic E-state index is 6.77. The van der Waals surface area contributed by atoms with Gasteiger partial charge in [-0.2, -0.15) is 0 Å². The monoisotopic (exact) mass is 624 g/mol. The zero-order chi connectivity index (χ0) is 32.3. The number of hydrogen-bond acceptors (Lipinski definition) is 1. The molecule has 0 saturated carbocycles. The summed E-state index contributed by atoms with van der Waals surface area (Å²) in [6.45, 7) is 0. The third-order valence-electron chi connectivity index (χ3n) is 10.4. The van der Waals surface area contributed by atoms with Gasteiger partial charge in [0, 0.05) is 17.5 Å². The van der Waals surface area contributed by atoms with Crippen molar-refractivity contribution in [3.8, 4) is 22.3 Å². The number of benzene rings is 9. The van der Waals surface area contributed by atoms with E-state index in [0.717, 1.165) is 17.7 Å². The van der Waals surface area contributed by atoms with Gasteiger partial charge in [0.05, 0.1) is 0 Å². The lowest BCUT2D eigenvalue weighted by Crippen LogP contribution is -1.99. The average molecular weight is 625 g/mol. The SMILES string of the molecule is C1=C(c2ccc(-c3c4ccccc4cc4ccccc34)cc2)OC(c2ccc(-c3c4ccccc4cc4ccccc34)c3ccccc23)C1. The minimum absolute atomic E-state index is 0.0418. The Hall–Kier alpha value is -6.18. The maximum Gasteiger partial charge on any atom is 0.128 e. The van der Waals surface area contributed by atoms with Crippen LogP contribution in [0.25, 0.3) is 81.9 Å². The summed E-state index contributed by atoms with van der Waals surface area (Å²) in [7, 11) is 0. The molecule has 0 N–H and O–H groups in total. The smallest absolute Gasteiger partial charge is 0.128 e. The summed E-state index contributed by atoms with van der Waals surface area (Å²) in [5, 5.41) is 12.7. The van der Waals surface area contributed by atoms with Crippen molar-refractivity contribution in [2.75, 3.05) is 0 Å². The van der Waals surface area contributed by atoms with Gasteiger partial charge in [0.2, 0.25) is 0 Å². The van der Waals surface area contributed by atoms with Gasteiger partial charge < -0.3 is 4.74 Å². The van der Waals surface area contributed by atoms with E-state index >= 15 is 0 Å². The highest BCUT2D eigenvalue weighted by molar-refractivity contribution is 6.17. The highest BCUT2D eigenvalue weighted by Crippen LogP contribution is 2.44. The van der Waals surface area contributed by atoms with Gasteiger partial charge in [0.1, 0.15) is 11.9 Å². The molecule has 9 aromatic rings. The van der Waals surface area contributed by atoms with Crippen molar-refractivity contribution in [1.82, 2.24) is 0 Å². The van der Waals surface area contributed by atoms with Crippen molar-refractivity contribution >= 4 is 59.6 Å². The van der Waals surface area contributed by atoms with E-state index in [4.69, 9.17) is 4.74 Å². The molecule has 0 radical (unpaired) electrons. The number of hydrogen-bond donors (Lipinski definition) is 0. The molecular formula is C48H32O. The van der Waals surface area contributed by atoms with Gasteiger partial charge in [-0.25, -0.2) is 0 Å². The lowest BCUT2D eigenvalue weighted by Gasteiger charge is -2.20. The molecule has 49 heavy (non-hydrogen) atoms. The summed E-state index contributed by atoms with van der Waals surface area (Å²) < 4.78 is 6.77. The van der Waals surface area contributed by atoms with Crippen molar-refractivity contribution in [1.29, 1.82) is 0 Å². The summed E-state index contributed by atoms with van der Waals surface area (Å²) in [4.78, 5) is 0. The minimum Gasteiger partial charge on any atom is -0.485 e. The Kier molecular flexibility index (Phi) is 6.38. The normalized spacial score (nSPS) is 14.5. The van der Waals surface area contributed by atoms with Gasteiger partial charge in [-0.1, -0.05) is 158 Å². The largest absolute Gasteiger partial charge is 0.485 e. The Balaban J connectivity index is 1.01. The Labute approximate surface area is 285 Å². The number of rotatable bonds is 4. The average Bonchev–Trinajstić information content (AvgIpc) is 3.66. The molecule has 0 saturated heterocycles. The molecule has 9 aromatic carbocycles. The van der Waals surface area contributed by atoms with Crippen LogP contribution in [-0.2, 0) is 4.74 Å². The summed E-state index contributed by atoms with van der Waals surface area (Å²) >= 11 is 0. The molecule has 0 aliphatic carbocycles. The first-order valence-corrected chi connectivity index (χ1v) is 17.1. The van der Waals surface area contributed by atoms with Crippen LogP contribution in [0.4, 0.5) is 0 Å². The van der Waals surface area contributed by atoms with Crippen molar-refractivity contribution < 1.29 is 4.74 Å². The lowest BCUT2D eigenvalue weighted by molar-refractivity contribution is 0.196. The second kappa shape index (κ2) is 11.2. The molecule has 1 unspecified atom stereocenters. The van der Waals surface area contributed by atoms with Crippen molar-refractivity contribution in [2.45, 2.75) is 12.5 Å².